The van der Waals surface area contributed by atoms with Crippen LogP contribution >= 0.6 is 0 Å². The van der Waals surface area contributed by atoms with Crippen LogP contribution in [-0.4, -0.2) is 37.6 Å². The average Bonchev–Trinajstić information content (AvgIpc) is 3.10. The number of H-pyrrole nitrogens is 1. The van der Waals surface area contributed by atoms with Crippen molar-refractivity contribution in [1.29, 1.82) is 0 Å². The van der Waals surface area contributed by atoms with Crippen LogP contribution in [-0.2, 0) is 10.9 Å². The number of esters is 1. The van der Waals surface area contributed by atoms with Gasteiger partial charge in [-0.15, -0.1) is 0 Å². The summed E-state index contributed by atoms with van der Waals surface area (Å²) in [6.45, 7) is 0. The third-order valence-electron chi connectivity index (χ3n) is 4.07. The first-order valence-corrected chi connectivity index (χ1v) is 7.82. The van der Waals surface area contributed by atoms with E-state index in [1.165, 1.54) is 25.3 Å². The Morgan fingerprint density at radius 2 is 2.04 bits per heavy atom. The molecule has 4 rings (SSSR count). The molecule has 0 saturated carbocycles. The van der Waals surface area contributed by atoms with Crippen LogP contribution in [0.3, 0.4) is 0 Å². The lowest BCUT2D eigenvalue weighted by molar-refractivity contribution is -0.142. The monoisotopic (exact) mass is 389 g/mol. The Balaban J connectivity index is 1.94. The largest absolute Gasteiger partial charge is 0.465 e. The number of hydrogen-bond acceptors (Lipinski definition) is 6. The highest BCUT2D eigenvalue weighted by Crippen LogP contribution is 2.30. The molecule has 0 fully saturated rings. The molecule has 0 aliphatic heterocycles. The molecule has 142 valence electrons. The van der Waals surface area contributed by atoms with Crippen molar-refractivity contribution < 1.29 is 22.7 Å². The van der Waals surface area contributed by atoms with Gasteiger partial charge < -0.3 is 9.72 Å². The Hall–Kier alpha value is -3.76. The van der Waals surface area contributed by atoms with E-state index < -0.39 is 23.4 Å². The molecule has 0 aliphatic carbocycles. The molecule has 28 heavy (non-hydrogen) atoms. The van der Waals surface area contributed by atoms with Gasteiger partial charge in [0.1, 0.15) is 11.5 Å². The molecule has 0 atom stereocenters. The first kappa shape index (κ1) is 17.6. The average molecular weight is 389 g/mol. The molecule has 1 aromatic carbocycles. The van der Waals surface area contributed by atoms with Gasteiger partial charge >= 0.3 is 12.1 Å². The molecule has 0 bridgehead atoms. The van der Waals surface area contributed by atoms with Gasteiger partial charge in [-0.2, -0.15) is 18.3 Å². The highest BCUT2D eigenvalue weighted by molar-refractivity contribution is 5.94. The summed E-state index contributed by atoms with van der Waals surface area (Å²) in [6, 6.07) is 4.98. The van der Waals surface area contributed by atoms with E-state index in [4.69, 9.17) is 0 Å². The van der Waals surface area contributed by atoms with E-state index in [0.29, 0.717) is 4.52 Å². The minimum absolute atomic E-state index is 0.0265. The van der Waals surface area contributed by atoms with Crippen molar-refractivity contribution in [2.45, 2.75) is 6.18 Å². The van der Waals surface area contributed by atoms with Gasteiger partial charge in [-0.05, 0) is 24.3 Å². The number of rotatable bonds is 2. The minimum atomic E-state index is -4.63. The first-order chi connectivity index (χ1) is 13.3. The molecule has 0 spiro atoms. The lowest BCUT2D eigenvalue weighted by Crippen LogP contribution is -2.13. The molecule has 3 heterocycles. The number of methoxy groups -OCH3 is 1. The number of alkyl halides is 3. The Bertz CT molecular complexity index is 1290. The normalized spacial score (nSPS) is 11.9. The van der Waals surface area contributed by atoms with Crippen molar-refractivity contribution in [3.63, 3.8) is 0 Å². The molecular formula is C17H10F3N5O3. The minimum Gasteiger partial charge on any atom is -0.465 e. The van der Waals surface area contributed by atoms with Crippen LogP contribution in [0, 0.1) is 0 Å². The lowest BCUT2D eigenvalue weighted by Gasteiger charge is -2.08. The highest BCUT2D eigenvalue weighted by atomic mass is 19.4. The summed E-state index contributed by atoms with van der Waals surface area (Å²) in [5.41, 5.74) is -1.21. The number of hydrogen-bond donors (Lipinski definition) is 1. The van der Waals surface area contributed by atoms with E-state index >= 15 is 0 Å². The third-order valence-corrected chi connectivity index (χ3v) is 4.07. The van der Waals surface area contributed by atoms with E-state index in [-0.39, 0.29) is 33.5 Å². The van der Waals surface area contributed by atoms with Crippen LogP contribution in [0.25, 0.3) is 27.9 Å². The van der Waals surface area contributed by atoms with E-state index in [1.807, 2.05) is 0 Å². The lowest BCUT2D eigenvalue weighted by atomic mass is 10.1. The van der Waals surface area contributed by atoms with E-state index in [0.717, 1.165) is 18.5 Å². The number of benzene rings is 1. The summed E-state index contributed by atoms with van der Waals surface area (Å²) >= 11 is 0. The maximum atomic E-state index is 13.1. The molecule has 11 heteroatoms. The van der Waals surface area contributed by atoms with Gasteiger partial charge in [0.05, 0.1) is 35.3 Å². The fourth-order valence-electron chi connectivity index (χ4n) is 2.79. The topological polar surface area (TPSA) is 102 Å². The molecular weight excluding hydrogens is 379 g/mol. The van der Waals surface area contributed by atoms with Crippen LogP contribution in [0.2, 0.25) is 0 Å². The predicted octanol–water partition coefficient (Wildman–Crippen LogP) is 2.44. The standard InChI is InChI=1S/C17H10F3N5O3/c1-28-16(27)8-2-3-9-11(6-8)23-13(24-15(9)26)10-7-22-25-12(17(18,19)20)4-5-21-14(10)25/h2-7H,1H3,(H,23,24,26). The number of aromatic nitrogens is 5. The van der Waals surface area contributed by atoms with Crippen molar-refractivity contribution in [3.8, 4) is 11.4 Å². The van der Waals surface area contributed by atoms with Crippen LogP contribution in [0.15, 0.2) is 41.5 Å². The first-order valence-electron chi connectivity index (χ1n) is 7.82. The summed E-state index contributed by atoms with van der Waals surface area (Å²) in [5.74, 6) is -0.639. The van der Waals surface area contributed by atoms with Crippen LogP contribution in [0.4, 0.5) is 13.2 Å². The number of aromatic amines is 1. The number of nitrogens with one attached hydrogen (secondary N) is 1. The van der Waals surface area contributed by atoms with Crippen LogP contribution in [0.5, 0.6) is 0 Å². The Labute approximate surface area is 153 Å². The maximum absolute atomic E-state index is 13.1. The number of nitrogens with zero attached hydrogens (tertiary/aromatic N) is 4. The maximum Gasteiger partial charge on any atom is 0.433 e. The van der Waals surface area contributed by atoms with Crippen molar-refractivity contribution in [3.05, 3.63) is 58.3 Å². The van der Waals surface area contributed by atoms with Gasteiger partial charge in [0.2, 0.25) is 0 Å². The quantitative estimate of drug-likeness (QED) is 0.529. The molecule has 4 aromatic rings. The Kier molecular flexibility index (Phi) is 3.87. The number of carbonyl (C=O) groups is 1. The summed E-state index contributed by atoms with van der Waals surface area (Å²) < 4.78 is 44.7. The number of halogens is 3. The summed E-state index contributed by atoms with van der Waals surface area (Å²) in [5, 5.41) is 3.93. The molecule has 1 N–H and O–H groups in total. The Morgan fingerprint density at radius 1 is 1.25 bits per heavy atom. The molecule has 0 unspecified atom stereocenters. The number of ether oxygens (including phenoxy) is 1. The molecule has 3 aromatic heterocycles. The van der Waals surface area contributed by atoms with Crippen LogP contribution < -0.4 is 5.56 Å². The second-order valence-electron chi connectivity index (χ2n) is 5.76. The molecule has 0 aliphatic rings. The second kappa shape index (κ2) is 6.15. The summed E-state index contributed by atoms with van der Waals surface area (Å²) in [4.78, 5) is 34.8. The number of carbonyl (C=O) groups excluding carboxylic acids is 1. The van der Waals surface area contributed by atoms with Gasteiger partial charge in [-0.25, -0.2) is 19.3 Å². The van der Waals surface area contributed by atoms with Crippen molar-refractivity contribution in [1.82, 2.24) is 24.6 Å². The fourth-order valence-corrected chi connectivity index (χ4v) is 2.79. The summed E-state index contributed by atoms with van der Waals surface area (Å²) in [6.07, 6.45) is -2.51. The molecule has 0 radical (unpaired) electrons. The Morgan fingerprint density at radius 3 is 2.75 bits per heavy atom. The van der Waals surface area contributed by atoms with E-state index in [9.17, 15) is 22.8 Å². The molecule has 8 nitrogen and oxygen atoms in total. The zero-order chi connectivity index (χ0) is 20.1. The van der Waals surface area contributed by atoms with Crippen molar-refractivity contribution in [2.75, 3.05) is 7.11 Å². The van der Waals surface area contributed by atoms with Gasteiger partial charge in [0.25, 0.3) is 5.56 Å². The molecule has 0 saturated heterocycles. The predicted molar refractivity (Wildman–Crippen MR) is 90.7 cm³/mol. The van der Waals surface area contributed by atoms with Crippen molar-refractivity contribution in [2.24, 2.45) is 0 Å². The number of fused-ring (bicyclic) bond motifs is 2. The smallest absolute Gasteiger partial charge is 0.433 e. The van der Waals surface area contributed by atoms with Gasteiger partial charge in [0, 0.05) is 6.20 Å². The zero-order valence-electron chi connectivity index (χ0n) is 14.1. The highest BCUT2D eigenvalue weighted by Gasteiger charge is 2.34. The van der Waals surface area contributed by atoms with Crippen LogP contribution in [0.1, 0.15) is 16.1 Å². The second-order valence-corrected chi connectivity index (χ2v) is 5.76. The van der Waals surface area contributed by atoms with Gasteiger partial charge in [-0.1, -0.05) is 0 Å². The molecule has 0 amide bonds. The van der Waals surface area contributed by atoms with E-state index in [1.54, 1.807) is 0 Å². The third kappa shape index (κ3) is 2.76. The van der Waals surface area contributed by atoms with Gasteiger partial charge in [-0.3, -0.25) is 4.79 Å². The fraction of sp³-hybridized carbons (Fsp3) is 0.118. The van der Waals surface area contributed by atoms with Crippen molar-refractivity contribution >= 4 is 22.5 Å². The SMILES string of the molecule is COC(=O)c1ccc2c(=O)[nH]c(-c3cnn4c(C(F)(F)F)ccnc34)nc2c1. The summed E-state index contributed by atoms with van der Waals surface area (Å²) in [7, 11) is 1.21. The zero-order valence-corrected chi connectivity index (χ0v) is 14.1. The van der Waals surface area contributed by atoms with E-state index in [2.05, 4.69) is 24.8 Å². The van der Waals surface area contributed by atoms with Gasteiger partial charge in [0.15, 0.2) is 5.65 Å².